The highest BCUT2D eigenvalue weighted by atomic mass is 19.3. The van der Waals surface area contributed by atoms with E-state index in [1.807, 2.05) is 0 Å². The molecule has 1 aromatic heterocycles. The van der Waals surface area contributed by atoms with Crippen LogP contribution in [-0.4, -0.2) is 17.6 Å². The number of hydrogen-bond donors (Lipinski definition) is 0. The summed E-state index contributed by atoms with van der Waals surface area (Å²) in [5, 5.41) is 0. The largest absolute Gasteiger partial charge is 0.494 e. The first-order chi connectivity index (χ1) is 10.0. The van der Waals surface area contributed by atoms with Gasteiger partial charge in [0.2, 0.25) is 0 Å². The van der Waals surface area contributed by atoms with Crippen LogP contribution in [0.2, 0.25) is 0 Å². The molecule has 0 saturated carbocycles. The molecule has 0 N–H and O–H groups in total. The summed E-state index contributed by atoms with van der Waals surface area (Å²) in [5.74, 6) is -0.285. The molecule has 2 aromatic rings. The first kappa shape index (κ1) is 15.2. The Hall–Kier alpha value is -2.24. The summed E-state index contributed by atoms with van der Waals surface area (Å²) in [6.45, 7) is 1.38. The molecule has 0 aliphatic rings. The number of pyridine rings is 1. The highest BCUT2D eigenvalue weighted by Gasteiger charge is 2.14. The Bertz CT molecular complexity index is 683. The Morgan fingerprint density at radius 3 is 2.62 bits per heavy atom. The molecule has 6 heteroatoms. The van der Waals surface area contributed by atoms with E-state index in [0.29, 0.717) is 12.4 Å². The number of hydrogen-bond acceptors (Lipinski definition) is 2. The number of benzene rings is 1. The molecule has 21 heavy (non-hydrogen) atoms. The summed E-state index contributed by atoms with van der Waals surface area (Å²) in [4.78, 5) is 11.7. The van der Waals surface area contributed by atoms with Crippen LogP contribution >= 0.6 is 0 Å². The van der Waals surface area contributed by atoms with Crippen molar-refractivity contribution in [1.82, 2.24) is 4.57 Å². The summed E-state index contributed by atoms with van der Waals surface area (Å²) >= 11 is 0. The average molecular weight is 297 g/mol. The molecule has 112 valence electrons. The van der Waals surface area contributed by atoms with Gasteiger partial charge in [0.05, 0.1) is 18.8 Å². The van der Waals surface area contributed by atoms with Gasteiger partial charge in [-0.15, -0.1) is 0 Å². The molecule has 0 amide bonds. The van der Waals surface area contributed by atoms with Crippen LogP contribution in [0.4, 0.5) is 13.2 Å². The second kappa shape index (κ2) is 6.47. The fourth-order valence-electron chi connectivity index (χ4n) is 2.04. The molecule has 1 heterocycles. The predicted octanol–water partition coefficient (Wildman–Crippen LogP) is 3.32. The zero-order valence-electron chi connectivity index (χ0n) is 11.4. The molecule has 0 saturated heterocycles. The Balaban J connectivity index is 2.51. The molecule has 0 radical (unpaired) electrons. The molecule has 2 rings (SSSR count). The molecular formula is C15H14F3NO2. The van der Waals surface area contributed by atoms with E-state index in [4.69, 9.17) is 4.74 Å². The maximum absolute atomic E-state index is 14.1. The molecule has 0 atom stereocenters. The third-order valence-electron chi connectivity index (χ3n) is 2.90. The van der Waals surface area contributed by atoms with Gasteiger partial charge in [-0.2, -0.15) is 0 Å². The highest BCUT2D eigenvalue weighted by Crippen LogP contribution is 2.26. The lowest BCUT2D eigenvalue weighted by molar-refractivity contribution is 0.126. The van der Waals surface area contributed by atoms with E-state index in [1.165, 1.54) is 36.4 Å². The highest BCUT2D eigenvalue weighted by molar-refractivity contribution is 5.61. The number of ether oxygens (including phenoxy) is 1. The Morgan fingerprint density at radius 1 is 1.24 bits per heavy atom. The first-order valence-electron chi connectivity index (χ1n) is 6.43. The van der Waals surface area contributed by atoms with Gasteiger partial charge in [-0.3, -0.25) is 4.79 Å². The number of rotatable bonds is 5. The molecule has 1 aromatic carbocycles. The lowest BCUT2D eigenvalue weighted by Gasteiger charge is -2.13. The van der Waals surface area contributed by atoms with Crippen molar-refractivity contribution in [3.63, 3.8) is 0 Å². The normalized spacial score (nSPS) is 10.9. The first-order valence-corrected chi connectivity index (χ1v) is 6.43. The van der Waals surface area contributed by atoms with Crippen molar-refractivity contribution in [2.45, 2.75) is 19.9 Å². The Labute approximate surface area is 119 Å². The quantitative estimate of drug-likeness (QED) is 0.847. The van der Waals surface area contributed by atoms with Crippen molar-refractivity contribution >= 4 is 0 Å². The van der Waals surface area contributed by atoms with Crippen molar-refractivity contribution in [2.24, 2.45) is 0 Å². The minimum absolute atomic E-state index is 0.0804. The molecule has 0 bridgehead atoms. The van der Waals surface area contributed by atoms with E-state index < -0.39 is 24.3 Å². The minimum Gasteiger partial charge on any atom is -0.494 e. The maximum Gasteiger partial charge on any atom is 0.256 e. The standard InChI is InChI=1S/C15H14F3NO2/c1-2-21-10-6-7-11(12(16)8-10)13-4-3-5-15(20)19(13)9-14(17)18/h3-8,14H,2,9H2,1H3. The zero-order valence-corrected chi connectivity index (χ0v) is 11.4. The van der Waals surface area contributed by atoms with Crippen molar-refractivity contribution in [2.75, 3.05) is 6.61 Å². The predicted molar refractivity (Wildman–Crippen MR) is 73.3 cm³/mol. The van der Waals surface area contributed by atoms with Crippen LogP contribution in [0.3, 0.4) is 0 Å². The summed E-state index contributed by atoms with van der Waals surface area (Å²) < 4.78 is 45.3. The van der Waals surface area contributed by atoms with Crippen LogP contribution in [-0.2, 0) is 6.54 Å². The fraction of sp³-hybridized carbons (Fsp3) is 0.267. The topological polar surface area (TPSA) is 31.2 Å². The van der Waals surface area contributed by atoms with Crippen LogP contribution in [0.1, 0.15) is 6.92 Å². The van der Waals surface area contributed by atoms with Crippen LogP contribution in [0.25, 0.3) is 11.3 Å². The van der Waals surface area contributed by atoms with E-state index >= 15 is 0 Å². The monoisotopic (exact) mass is 297 g/mol. The minimum atomic E-state index is -2.70. The second-order valence-electron chi connectivity index (χ2n) is 4.33. The maximum atomic E-state index is 14.1. The van der Waals surface area contributed by atoms with E-state index in [2.05, 4.69) is 0 Å². The van der Waals surface area contributed by atoms with Gasteiger partial charge in [0.1, 0.15) is 11.6 Å². The Morgan fingerprint density at radius 2 is 2.00 bits per heavy atom. The van der Waals surface area contributed by atoms with E-state index in [1.54, 1.807) is 6.92 Å². The van der Waals surface area contributed by atoms with Crippen LogP contribution in [0.15, 0.2) is 41.2 Å². The molecule has 0 unspecified atom stereocenters. The Kier molecular flexibility index (Phi) is 4.67. The SMILES string of the molecule is CCOc1ccc(-c2cccc(=O)n2CC(F)F)c(F)c1. The van der Waals surface area contributed by atoms with Gasteiger partial charge in [0.15, 0.2) is 0 Å². The van der Waals surface area contributed by atoms with Gasteiger partial charge >= 0.3 is 0 Å². The summed E-state index contributed by atoms with van der Waals surface area (Å²) in [6.07, 6.45) is -2.70. The van der Waals surface area contributed by atoms with Crippen molar-refractivity contribution < 1.29 is 17.9 Å². The van der Waals surface area contributed by atoms with Gasteiger partial charge in [0, 0.05) is 17.7 Å². The van der Waals surface area contributed by atoms with Crippen molar-refractivity contribution in [1.29, 1.82) is 0 Å². The number of nitrogens with zero attached hydrogens (tertiary/aromatic N) is 1. The van der Waals surface area contributed by atoms with Gasteiger partial charge in [-0.05, 0) is 25.1 Å². The number of alkyl halides is 2. The third kappa shape index (κ3) is 3.45. The lowest BCUT2D eigenvalue weighted by atomic mass is 10.1. The van der Waals surface area contributed by atoms with E-state index in [9.17, 15) is 18.0 Å². The van der Waals surface area contributed by atoms with Crippen LogP contribution in [0.5, 0.6) is 5.75 Å². The smallest absolute Gasteiger partial charge is 0.256 e. The lowest BCUT2D eigenvalue weighted by Crippen LogP contribution is -2.24. The van der Waals surface area contributed by atoms with E-state index in [0.717, 1.165) is 4.57 Å². The van der Waals surface area contributed by atoms with Crippen LogP contribution < -0.4 is 10.3 Å². The molecule has 0 fully saturated rings. The number of halogens is 3. The number of aromatic nitrogens is 1. The third-order valence-corrected chi connectivity index (χ3v) is 2.90. The van der Waals surface area contributed by atoms with Gasteiger partial charge in [-0.25, -0.2) is 13.2 Å². The summed E-state index contributed by atoms with van der Waals surface area (Å²) in [6, 6.07) is 8.13. The molecule has 3 nitrogen and oxygen atoms in total. The van der Waals surface area contributed by atoms with Gasteiger partial charge < -0.3 is 9.30 Å². The van der Waals surface area contributed by atoms with E-state index in [-0.39, 0.29) is 11.3 Å². The van der Waals surface area contributed by atoms with Crippen LogP contribution in [0, 0.1) is 5.82 Å². The van der Waals surface area contributed by atoms with Gasteiger partial charge in [-0.1, -0.05) is 6.07 Å². The van der Waals surface area contributed by atoms with Gasteiger partial charge in [0.25, 0.3) is 12.0 Å². The second-order valence-corrected chi connectivity index (χ2v) is 4.33. The molecule has 0 aliphatic heterocycles. The van der Waals surface area contributed by atoms with Crippen molar-refractivity contribution in [3.05, 3.63) is 52.6 Å². The summed E-state index contributed by atoms with van der Waals surface area (Å²) in [7, 11) is 0. The zero-order chi connectivity index (χ0) is 15.4. The average Bonchev–Trinajstić information content (AvgIpc) is 2.42. The molecule has 0 spiro atoms. The van der Waals surface area contributed by atoms with Crippen molar-refractivity contribution in [3.8, 4) is 17.0 Å². The molecule has 0 aliphatic carbocycles. The fourth-order valence-corrected chi connectivity index (χ4v) is 2.04. The summed E-state index contributed by atoms with van der Waals surface area (Å²) in [5.41, 5.74) is -0.402. The molecular weight excluding hydrogens is 283 g/mol.